The second kappa shape index (κ2) is 4.95. The van der Waals surface area contributed by atoms with Gasteiger partial charge in [0.2, 0.25) is 0 Å². The predicted molar refractivity (Wildman–Crippen MR) is 64.4 cm³/mol. The molecule has 1 aromatic heterocycles. The highest BCUT2D eigenvalue weighted by Gasteiger charge is 2.13. The fourth-order valence-corrected chi connectivity index (χ4v) is 2.41. The summed E-state index contributed by atoms with van der Waals surface area (Å²) < 4.78 is 13.2. The summed E-state index contributed by atoms with van der Waals surface area (Å²) in [5, 5.41) is 11.9. The minimum absolute atomic E-state index is 0.0955. The summed E-state index contributed by atoms with van der Waals surface area (Å²) in [4.78, 5) is 0.861. The Morgan fingerprint density at radius 1 is 1.31 bits per heavy atom. The zero-order chi connectivity index (χ0) is 11.5. The topological polar surface area (TPSA) is 20.2 Å². The highest BCUT2D eigenvalue weighted by Crippen LogP contribution is 2.27. The van der Waals surface area contributed by atoms with Crippen LogP contribution < -0.4 is 0 Å². The molecule has 0 aliphatic rings. The van der Waals surface area contributed by atoms with E-state index < -0.39 is 11.9 Å². The Balaban J connectivity index is 2.18. The van der Waals surface area contributed by atoms with E-state index in [-0.39, 0.29) is 5.02 Å². The zero-order valence-corrected chi connectivity index (χ0v) is 9.93. The standard InChI is InChI=1S/C12H10ClFOS/c13-12-8(3-1-4-9(12)14)7-10(15)11-5-2-6-16-11/h1-6,10,15H,7H2. The number of hydrogen-bond acceptors (Lipinski definition) is 2. The van der Waals surface area contributed by atoms with Crippen molar-refractivity contribution >= 4 is 22.9 Å². The molecule has 4 heteroatoms. The van der Waals surface area contributed by atoms with E-state index in [9.17, 15) is 9.50 Å². The van der Waals surface area contributed by atoms with Crippen molar-refractivity contribution in [3.63, 3.8) is 0 Å². The molecule has 0 aliphatic carbocycles. The van der Waals surface area contributed by atoms with Crippen molar-refractivity contribution in [1.29, 1.82) is 0 Å². The van der Waals surface area contributed by atoms with Crippen molar-refractivity contribution in [3.05, 3.63) is 57.0 Å². The van der Waals surface area contributed by atoms with Gasteiger partial charge in [0.05, 0.1) is 11.1 Å². The monoisotopic (exact) mass is 256 g/mol. The zero-order valence-electron chi connectivity index (χ0n) is 8.36. The summed E-state index contributed by atoms with van der Waals surface area (Å²) in [6, 6.07) is 8.35. The van der Waals surface area contributed by atoms with Gasteiger partial charge < -0.3 is 5.11 Å². The number of benzene rings is 1. The summed E-state index contributed by atoms with van der Waals surface area (Å²) >= 11 is 7.29. The SMILES string of the molecule is OC(Cc1cccc(F)c1Cl)c1cccs1. The number of rotatable bonds is 3. The van der Waals surface area contributed by atoms with E-state index in [0.717, 1.165) is 4.88 Å². The minimum atomic E-state index is -0.626. The number of thiophene rings is 1. The number of aliphatic hydroxyl groups excluding tert-OH is 1. The van der Waals surface area contributed by atoms with Gasteiger partial charge >= 0.3 is 0 Å². The van der Waals surface area contributed by atoms with E-state index >= 15 is 0 Å². The van der Waals surface area contributed by atoms with Crippen molar-refractivity contribution < 1.29 is 9.50 Å². The van der Waals surface area contributed by atoms with Crippen LogP contribution in [0.3, 0.4) is 0 Å². The molecule has 0 aliphatic heterocycles. The van der Waals surface area contributed by atoms with Crippen LogP contribution in [0.25, 0.3) is 0 Å². The first-order chi connectivity index (χ1) is 7.68. The molecular formula is C12H10ClFOS. The molecule has 1 aromatic carbocycles. The molecule has 1 atom stereocenters. The molecule has 84 valence electrons. The van der Waals surface area contributed by atoms with Gasteiger partial charge in [0.15, 0.2) is 0 Å². The summed E-state index contributed by atoms with van der Waals surface area (Å²) in [5.74, 6) is -0.447. The maximum atomic E-state index is 13.2. The average Bonchev–Trinajstić information content (AvgIpc) is 2.78. The fourth-order valence-electron chi connectivity index (χ4n) is 1.50. The molecule has 1 unspecified atom stereocenters. The van der Waals surface area contributed by atoms with Gasteiger partial charge in [-0.1, -0.05) is 29.8 Å². The Hall–Kier alpha value is -0.900. The molecule has 0 spiro atoms. The summed E-state index contributed by atoms with van der Waals surface area (Å²) in [6.45, 7) is 0. The van der Waals surface area contributed by atoms with Gasteiger partial charge in [0, 0.05) is 11.3 Å². The lowest BCUT2D eigenvalue weighted by molar-refractivity contribution is 0.182. The van der Waals surface area contributed by atoms with Crippen molar-refractivity contribution in [2.45, 2.75) is 12.5 Å². The van der Waals surface area contributed by atoms with Crippen molar-refractivity contribution in [2.75, 3.05) is 0 Å². The molecule has 1 heterocycles. The van der Waals surface area contributed by atoms with Crippen LogP contribution in [0.5, 0.6) is 0 Å². The van der Waals surface area contributed by atoms with Gasteiger partial charge in [0.25, 0.3) is 0 Å². The third kappa shape index (κ3) is 2.43. The Kier molecular flexibility index (Phi) is 3.59. The van der Waals surface area contributed by atoms with E-state index in [1.54, 1.807) is 12.1 Å². The molecule has 0 saturated heterocycles. The van der Waals surface area contributed by atoms with E-state index in [2.05, 4.69) is 0 Å². The summed E-state index contributed by atoms with van der Waals surface area (Å²) in [7, 11) is 0. The van der Waals surface area contributed by atoms with Crippen LogP contribution in [-0.2, 0) is 6.42 Å². The van der Waals surface area contributed by atoms with E-state index in [0.29, 0.717) is 12.0 Å². The lowest BCUT2D eigenvalue weighted by Crippen LogP contribution is -2.00. The number of hydrogen-bond donors (Lipinski definition) is 1. The van der Waals surface area contributed by atoms with Crippen LogP contribution in [-0.4, -0.2) is 5.11 Å². The Morgan fingerprint density at radius 2 is 2.12 bits per heavy atom. The second-order valence-electron chi connectivity index (χ2n) is 3.45. The maximum absolute atomic E-state index is 13.2. The molecule has 0 amide bonds. The number of aliphatic hydroxyl groups is 1. The second-order valence-corrected chi connectivity index (χ2v) is 4.81. The Labute approximate surface area is 102 Å². The van der Waals surface area contributed by atoms with E-state index in [4.69, 9.17) is 11.6 Å². The van der Waals surface area contributed by atoms with Crippen LogP contribution in [0.2, 0.25) is 5.02 Å². The summed E-state index contributed by atoms with van der Waals surface area (Å²) in [5.41, 5.74) is 0.627. The quantitative estimate of drug-likeness (QED) is 0.885. The lowest BCUT2D eigenvalue weighted by Gasteiger charge is -2.10. The number of halogens is 2. The van der Waals surface area contributed by atoms with Crippen LogP contribution in [0.15, 0.2) is 35.7 Å². The molecule has 0 radical (unpaired) electrons. The normalized spacial score (nSPS) is 12.7. The van der Waals surface area contributed by atoms with Crippen LogP contribution in [0, 0.1) is 5.82 Å². The van der Waals surface area contributed by atoms with Gasteiger partial charge in [-0.3, -0.25) is 0 Å². The highest BCUT2D eigenvalue weighted by molar-refractivity contribution is 7.10. The fraction of sp³-hybridized carbons (Fsp3) is 0.167. The van der Waals surface area contributed by atoms with E-state index in [1.165, 1.54) is 17.4 Å². The predicted octanol–water partition coefficient (Wildman–Crippen LogP) is 3.82. The van der Waals surface area contributed by atoms with Crippen molar-refractivity contribution in [3.8, 4) is 0 Å². The van der Waals surface area contributed by atoms with Gasteiger partial charge in [-0.2, -0.15) is 0 Å². The largest absolute Gasteiger partial charge is 0.387 e. The Morgan fingerprint density at radius 3 is 2.81 bits per heavy atom. The average molecular weight is 257 g/mol. The molecule has 0 bridgehead atoms. The van der Waals surface area contributed by atoms with Gasteiger partial charge in [-0.25, -0.2) is 4.39 Å². The molecule has 0 fully saturated rings. The minimum Gasteiger partial charge on any atom is -0.387 e. The van der Waals surface area contributed by atoms with Gasteiger partial charge in [-0.05, 0) is 23.1 Å². The third-order valence-electron chi connectivity index (χ3n) is 2.32. The molecule has 2 aromatic rings. The van der Waals surface area contributed by atoms with Crippen LogP contribution in [0.1, 0.15) is 16.5 Å². The van der Waals surface area contributed by atoms with Gasteiger partial charge in [-0.15, -0.1) is 11.3 Å². The van der Waals surface area contributed by atoms with E-state index in [1.807, 2.05) is 17.5 Å². The smallest absolute Gasteiger partial charge is 0.142 e. The van der Waals surface area contributed by atoms with Crippen molar-refractivity contribution in [1.82, 2.24) is 0 Å². The molecule has 1 N–H and O–H groups in total. The first-order valence-corrected chi connectivity index (χ1v) is 6.08. The molecule has 16 heavy (non-hydrogen) atoms. The lowest BCUT2D eigenvalue weighted by atomic mass is 10.1. The molecular weight excluding hydrogens is 247 g/mol. The third-order valence-corrected chi connectivity index (χ3v) is 3.71. The maximum Gasteiger partial charge on any atom is 0.142 e. The highest BCUT2D eigenvalue weighted by atomic mass is 35.5. The first-order valence-electron chi connectivity index (χ1n) is 4.83. The van der Waals surface area contributed by atoms with Crippen LogP contribution in [0.4, 0.5) is 4.39 Å². The Bertz CT molecular complexity index is 470. The molecule has 2 rings (SSSR count). The molecule has 1 nitrogen and oxygen atoms in total. The first kappa shape index (κ1) is 11.6. The van der Waals surface area contributed by atoms with Gasteiger partial charge in [0.1, 0.15) is 5.82 Å². The summed E-state index contributed by atoms with van der Waals surface area (Å²) in [6.07, 6.45) is -0.295. The van der Waals surface area contributed by atoms with Crippen LogP contribution >= 0.6 is 22.9 Å². The molecule has 0 saturated carbocycles. The van der Waals surface area contributed by atoms with Crippen molar-refractivity contribution in [2.24, 2.45) is 0 Å².